The highest BCUT2D eigenvalue weighted by Gasteiger charge is 2.19. The van der Waals surface area contributed by atoms with Crippen molar-refractivity contribution in [2.24, 2.45) is 0 Å². The Kier molecular flexibility index (Phi) is 4.42. The van der Waals surface area contributed by atoms with Crippen molar-refractivity contribution in [3.8, 4) is 5.88 Å². The van der Waals surface area contributed by atoms with Crippen LogP contribution in [-0.4, -0.2) is 17.8 Å². The summed E-state index contributed by atoms with van der Waals surface area (Å²) in [5.74, 6) is 1.63. The highest BCUT2D eigenvalue weighted by Crippen LogP contribution is 2.24. The zero-order valence-electron chi connectivity index (χ0n) is 9.08. The number of halogens is 1. The van der Waals surface area contributed by atoms with Crippen LogP contribution in [0, 0.1) is 0 Å². The van der Waals surface area contributed by atoms with Crippen LogP contribution >= 0.6 is 12.4 Å². The number of ether oxygens (including phenoxy) is 1. The minimum atomic E-state index is 0. The summed E-state index contributed by atoms with van der Waals surface area (Å²) in [6.45, 7) is 5.82. The van der Waals surface area contributed by atoms with Gasteiger partial charge in [0.15, 0.2) is 0 Å². The van der Waals surface area contributed by atoms with E-state index in [4.69, 9.17) is 9.26 Å². The molecular formula is C10H17ClN2O2. The Labute approximate surface area is 95.8 Å². The molecule has 1 aromatic heterocycles. The largest absolute Gasteiger partial charge is 0.473 e. The van der Waals surface area contributed by atoms with E-state index in [0.717, 1.165) is 37.3 Å². The van der Waals surface area contributed by atoms with Crippen LogP contribution in [0.5, 0.6) is 5.88 Å². The van der Waals surface area contributed by atoms with Crippen LogP contribution in [0.2, 0.25) is 0 Å². The van der Waals surface area contributed by atoms with E-state index in [0.29, 0.717) is 5.88 Å². The standard InChI is InChI=1S/C10H16N2O2.ClH/c1-7(2)13-10-8-6-11-5-3-4-9(8)14-12-10;/h7,11H,3-6H2,1-2H3;1H. The van der Waals surface area contributed by atoms with Crippen molar-refractivity contribution in [3.05, 3.63) is 11.3 Å². The van der Waals surface area contributed by atoms with Gasteiger partial charge in [-0.05, 0) is 32.0 Å². The maximum Gasteiger partial charge on any atom is 0.259 e. The van der Waals surface area contributed by atoms with E-state index in [-0.39, 0.29) is 18.5 Å². The summed E-state index contributed by atoms with van der Waals surface area (Å²) in [7, 11) is 0. The first-order valence-corrected chi connectivity index (χ1v) is 5.12. The maximum absolute atomic E-state index is 5.56. The van der Waals surface area contributed by atoms with Crippen molar-refractivity contribution in [2.45, 2.75) is 39.3 Å². The van der Waals surface area contributed by atoms with Crippen LogP contribution in [-0.2, 0) is 13.0 Å². The van der Waals surface area contributed by atoms with Crippen LogP contribution in [0.3, 0.4) is 0 Å². The third kappa shape index (κ3) is 2.86. The fourth-order valence-electron chi connectivity index (χ4n) is 1.60. The molecule has 0 spiro atoms. The zero-order valence-corrected chi connectivity index (χ0v) is 9.89. The summed E-state index contributed by atoms with van der Waals surface area (Å²) in [4.78, 5) is 0. The maximum atomic E-state index is 5.56. The van der Waals surface area contributed by atoms with Crippen molar-refractivity contribution >= 4 is 12.4 Å². The first-order chi connectivity index (χ1) is 6.77. The molecule has 1 N–H and O–H groups in total. The Balaban J connectivity index is 0.00000112. The molecule has 2 rings (SSSR count). The monoisotopic (exact) mass is 232 g/mol. The van der Waals surface area contributed by atoms with Crippen molar-refractivity contribution < 1.29 is 9.26 Å². The van der Waals surface area contributed by atoms with Gasteiger partial charge in [-0.25, -0.2) is 0 Å². The lowest BCUT2D eigenvalue weighted by molar-refractivity contribution is 0.215. The average molecular weight is 233 g/mol. The van der Waals surface area contributed by atoms with Gasteiger partial charge in [0.25, 0.3) is 5.88 Å². The van der Waals surface area contributed by atoms with Crippen LogP contribution in [0.4, 0.5) is 0 Å². The zero-order chi connectivity index (χ0) is 9.97. The highest BCUT2D eigenvalue weighted by molar-refractivity contribution is 5.85. The van der Waals surface area contributed by atoms with E-state index < -0.39 is 0 Å². The predicted molar refractivity (Wildman–Crippen MR) is 59.5 cm³/mol. The van der Waals surface area contributed by atoms with Crippen LogP contribution in [0.25, 0.3) is 0 Å². The van der Waals surface area contributed by atoms with Gasteiger partial charge in [0, 0.05) is 13.0 Å². The Hall–Kier alpha value is -0.740. The van der Waals surface area contributed by atoms with Gasteiger partial charge in [0.2, 0.25) is 0 Å². The molecule has 0 radical (unpaired) electrons. The topological polar surface area (TPSA) is 47.3 Å². The second kappa shape index (κ2) is 5.37. The number of fused-ring (bicyclic) bond motifs is 1. The molecule has 1 aromatic rings. The van der Waals surface area contributed by atoms with Crippen molar-refractivity contribution in [2.75, 3.05) is 6.54 Å². The van der Waals surface area contributed by atoms with Crippen molar-refractivity contribution in [1.29, 1.82) is 0 Å². The summed E-state index contributed by atoms with van der Waals surface area (Å²) >= 11 is 0. The van der Waals surface area contributed by atoms with E-state index in [9.17, 15) is 0 Å². The second-order valence-electron chi connectivity index (χ2n) is 3.84. The first-order valence-electron chi connectivity index (χ1n) is 5.12. The molecule has 86 valence electrons. The second-order valence-corrected chi connectivity index (χ2v) is 3.84. The molecule has 1 aliphatic heterocycles. The van der Waals surface area contributed by atoms with E-state index in [2.05, 4.69) is 10.5 Å². The van der Waals surface area contributed by atoms with Crippen molar-refractivity contribution in [1.82, 2.24) is 10.5 Å². The molecule has 0 fully saturated rings. The molecule has 0 saturated heterocycles. The third-order valence-corrected chi connectivity index (χ3v) is 2.24. The lowest BCUT2D eigenvalue weighted by Gasteiger charge is -2.07. The van der Waals surface area contributed by atoms with E-state index in [1.165, 1.54) is 0 Å². The minimum Gasteiger partial charge on any atom is -0.473 e. The average Bonchev–Trinajstić information content (AvgIpc) is 2.37. The van der Waals surface area contributed by atoms with Gasteiger partial charge < -0.3 is 14.6 Å². The normalized spacial score (nSPS) is 15.4. The number of hydrogen-bond acceptors (Lipinski definition) is 4. The van der Waals surface area contributed by atoms with Gasteiger partial charge in [-0.15, -0.1) is 12.4 Å². The van der Waals surface area contributed by atoms with Crippen molar-refractivity contribution in [3.63, 3.8) is 0 Å². The number of hydrogen-bond donors (Lipinski definition) is 1. The molecule has 4 nitrogen and oxygen atoms in total. The van der Waals surface area contributed by atoms with Gasteiger partial charge in [-0.3, -0.25) is 0 Å². The molecule has 15 heavy (non-hydrogen) atoms. The van der Waals surface area contributed by atoms with Crippen LogP contribution in [0.15, 0.2) is 4.52 Å². The SMILES string of the molecule is CC(C)Oc1noc2c1CNCCC2.Cl. The smallest absolute Gasteiger partial charge is 0.259 e. The molecule has 0 unspecified atom stereocenters. The fourth-order valence-corrected chi connectivity index (χ4v) is 1.60. The lowest BCUT2D eigenvalue weighted by atomic mass is 10.2. The van der Waals surface area contributed by atoms with Gasteiger partial charge in [-0.2, -0.15) is 0 Å². The highest BCUT2D eigenvalue weighted by atomic mass is 35.5. The Morgan fingerprint density at radius 3 is 3.00 bits per heavy atom. The fraction of sp³-hybridized carbons (Fsp3) is 0.700. The molecule has 2 heterocycles. The number of nitrogens with zero attached hydrogens (tertiary/aromatic N) is 1. The quantitative estimate of drug-likeness (QED) is 0.847. The molecule has 0 bridgehead atoms. The van der Waals surface area contributed by atoms with E-state index in [1.54, 1.807) is 0 Å². The number of aryl methyl sites for hydroxylation is 1. The summed E-state index contributed by atoms with van der Waals surface area (Å²) < 4.78 is 10.8. The number of aromatic nitrogens is 1. The lowest BCUT2D eigenvalue weighted by Crippen LogP contribution is -2.14. The molecule has 5 heteroatoms. The molecule has 1 aliphatic rings. The molecule has 0 aliphatic carbocycles. The molecule has 0 atom stereocenters. The van der Waals surface area contributed by atoms with Gasteiger partial charge in [-0.1, -0.05) is 0 Å². The summed E-state index contributed by atoms with van der Waals surface area (Å²) in [5, 5.41) is 7.27. The number of rotatable bonds is 2. The van der Waals surface area contributed by atoms with Gasteiger partial charge in [0.05, 0.1) is 11.7 Å². The molecule has 0 amide bonds. The Morgan fingerprint density at radius 2 is 2.27 bits per heavy atom. The molecular weight excluding hydrogens is 216 g/mol. The minimum absolute atomic E-state index is 0. The Morgan fingerprint density at radius 1 is 1.47 bits per heavy atom. The Bertz CT molecular complexity index is 312. The summed E-state index contributed by atoms with van der Waals surface area (Å²) in [6.07, 6.45) is 2.20. The third-order valence-electron chi connectivity index (χ3n) is 2.24. The summed E-state index contributed by atoms with van der Waals surface area (Å²) in [5.41, 5.74) is 1.09. The summed E-state index contributed by atoms with van der Waals surface area (Å²) in [6, 6.07) is 0. The molecule has 0 saturated carbocycles. The van der Waals surface area contributed by atoms with Gasteiger partial charge in [0.1, 0.15) is 5.76 Å². The molecule has 0 aromatic carbocycles. The van der Waals surface area contributed by atoms with E-state index in [1.807, 2.05) is 13.8 Å². The predicted octanol–water partition coefficient (Wildman–Crippen LogP) is 1.92. The van der Waals surface area contributed by atoms with Crippen LogP contribution in [0.1, 0.15) is 31.6 Å². The number of nitrogens with one attached hydrogen (secondary N) is 1. The van der Waals surface area contributed by atoms with Crippen LogP contribution < -0.4 is 10.1 Å². The first kappa shape index (κ1) is 12.3. The van der Waals surface area contributed by atoms with Gasteiger partial charge >= 0.3 is 0 Å². The van der Waals surface area contributed by atoms with E-state index >= 15 is 0 Å².